The predicted molar refractivity (Wildman–Crippen MR) is 134 cm³/mol. The highest BCUT2D eigenvalue weighted by Crippen LogP contribution is 2.29. The third-order valence-corrected chi connectivity index (χ3v) is 6.69. The highest BCUT2D eigenvalue weighted by molar-refractivity contribution is 7.99. The lowest BCUT2D eigenvalue weighted by molar-refractivity contribution is 0.0947. The van der Waals surface area contributed by atoms with Gasteiger partial charge in [-0.15, -0.1) is 0 Å². The van der Waals surface area contributed by atoms with Gasteiger partial charge in [-0.1, -0.05) is 18.7 Å². The molecule has 0 unspecified atom stereocenters. The molecule has 0 radical (unpaired) electrons. The van der Waals surface area contributed by atoms with Crippen molar-refractivity contribution in [3.8, 4) is 11.3 Å². The van der Waals surface area contributed by atoms with Crippen molar-refractivity contribution in [3.05, 3.63) is 48.0 Å². The minimum Gasteiger partial charge on any atom is -0.356 e. The van der Waals surface area contributed by atoms with Crippen LogP contribution in [-0.2, 0) is 6.54 Å². The average Bonchev–Trinajstić information content (AvgIpc) is 3.53. The molecule has 1 saturated heterocycles. The lowest BCUT2D eigenvalue weighted by Crippen LogP contribution is -2.30. The van der Waals surface area contributed by atoms with Gasteiger partial charge in [0.05, 0.1) is 23.8 Å². The van der Waals surface area contributed by atoms with Gasteiger partial charge in [-0.05, 0) is 55.3 Å². The normalized spacial score (nSPS) is 13.9. The van der Waals surface area contributed by atoms with E-state index in [0.29, 0.717) is 24.5 Å². The van der Waals surface area contributed by atoms with Crippen LogP contribution in [0.15, 0.2) is 41.7 Å². The molecule has 182 valence electrons. The number of rotatable bonds is 8. The molecule has 2 N–H and O–H groups in total. The van der Waals surface area contributed by atoms with Crippen LogP contribution in [0.5, 0.6) is 0 Å². The van der Waals surface area contributed by atoms with E-state index in [-0.39, 0.29) is 11.7 Å². The van der Waals surface area contributed by atoms with Crippen LogP contribution in [0.25, 0.3) is 22.3 Å². The summed E-state index contributed by atoms with van der Waals surface area (Å²) >= 11 is 1.62. The number of nitrogens with zero attached hydrogens (tertiary/aromatic N) is 6. The second kappa shape index (κ2) is 10.4. The van der Waals surface area contributed by atoms with Gasteiger partial charge in [0.25, 0.3) is 5.91 Å². The summed E-state index contributed by atoms with van der Waals surface area (Å²) in [6.07, 6.45) is 5.41. The fourth-order valence-electron chi connectivity index (χ4n) is 4.20. The summed E-state index contributed by atoms with van der Waals surface area (Å²) < 4.78 is 15.0. The molecule has 5 rings (SSSR count). The number of benzene rings is 1. The van der Waals surface area contributed by atoms with Crippen LogP contribution in [0.3, 0.4) is 0 Å². The summed E-state index contributed by atoms with van der Waals surface area (Å²) in [5.41, 5.74) is 2.43. The minimum absolute atomic E-state index is 0.270. The number of anilines is 1. The van der Waals surface area contributed by atoms with E-state index in [9.17, 15) is 9.18 Å². The summed E-state index contributed by atoms with van der Waals surface area (Å²) in [5.74, 6) is 1.25. The fourth-order valence-corrected chi connectivity index (χ4v) is 4.76. The molecule has 1 aromatic carbocycles. The summed E-state index contributed by atoms with van der Waals surface area (Å²) in [7, 11) is 0. The van der Waals surface area contributed by atoms with Gasteiger partial charge in [0, 0.05) is 25.2 Å². The van der Waals surface area contributed by atoms with Crippen LogP contribution in [-0.4, -0.2) is 61.2 Å². The van der Waals surface area contributed by atoms with Crippen molar-refractivity contribution in [2.24, 2.45) is 0 Å². The molecule has 0 saturated carbocycles. The monoisotopic (exact) mass is 494 g/mol. The Bertz CT molecular complexity index is 1310. The SMILES string of the molecule is CCSc1nc(N2CCCCC2)c2cnn(CCNC(=O)c3cc(-c4ccc(F)cc4)n[nH]3)c2n1. The topological polar surface area (TPSA) is 105 Å². The Morgan fingerprint density at radius 3 is 2.74 bits per heavy atom. The van der Waals surface area contributed by atoms with Gasteiger partial charge in [0.1, 0.15) is 17.3 Å². The smallest absolute Gasteiger partial charge is 0.269 e. The Morgan fingerprint density at radius 2 is 1.97 bits per heavy atom. The second-order valence-corrected chi connectivity index (χ2v) is 9.58. The van der Waals surface area contributed by atoms with Crippen molar-refractivity contribution in [1.82, 2.24) is 35.3 Å². The Labute approximate surface area is 206 Å². The number of hydrogen-bond acceptors (Lipinski definition) is 7. The van der Waals surface area contributed by atoms with Gasteiger partial charge in [0.2, 0.25) is 0 Å². The molecule has 3 aromatic heterocycles. The Kier molecular flexibility index (Phi) is 6.94. The molecule has 1 fully saturated rings. The number of thioether (sulfide) groups is 1. The maximum atomic E-state index is 13.2. The number of aromatic nitrogens is 6. The van der Waals surface area contributed by atoms with Crippen molar-refractivity contribution < 1.29 is 9.18 Å². The zero-order valence-electron chi connectivity index (χ0n) is 19.5. The third-order valence-electron chi connectivity index (χ3n) is 5.96. The van der Waals surface area contributed by atoms with Crippen LogP contribution in [0, 0.1) is 5.82 Å². The maximum Gasteiger partial charge on any atom is 0.269 e. The van der Waals surface area contributed by atoms with E-state index in [1.54, 1.807) is 30.0 Å². The number of piperidine rings is 1. The molecule has 1 aliphatic heterocycles. The largest absolute Gasteiger partial charge is 0.356 e. The number of hydrogen-bond donors (Lipinski definition) is 2. The molecule has 1 amide bonds. The molecule has 0 bridgehead atoms. The quantitative estimate of drug-likeness (QED) is 0.283. The first-order chi connectivity index (χ1) is 17.1. The lowest BCUT2D eigenvalue weighted by Gasteiger charge is -2.28. The minimum atomic E-state index is -0.317. The van der Waals surface area contributed by atoms with Gasteiger partial charge in [-0.3, -0.25) is 9.89 Å². The van der Waals surface area contributed by atoms with Crippen molar-refractivity contribution in [2.45, 2.75) is 37.9 Å². The van der Waals surface area contributed by atoms with E-state index >= 15 is 0 Å². The number of aromatic amines is 1. The van der Waals surface area contributed by atoms with Gasteiger partial charge >= 0.3 is 0 Å². The molecule has 11 heteroatoms. The highest BCUT2D eigenvalue weighted by Gasteiger charge is 2.20. The van der Waals surface area contributed by atoms with Crippen molar-refractivity contribution in [3.63, 3.8) is 0 Å². The zero-order chi connectivity index (χ0) is 24.2. The average molecular weight is 495 g/mol. The first-order valence-electron chi connectivity index (χ1n) is 11.8. The van der Waals surface area contributed by atoms with E-state index in [1.807, 2.05) is 10.9 Å². The van der Waals surface area contributed by atoms with Gasteiger partial charge in [-0.25, -0.2) is 19.0 Å². The second-order valence-electron chi connectivity index (χ2n) is 8.35. The van der Waals surface area contributed by atoms with Crippen LogP contribution in [0.2, 0.25) is 0 Å². The summed E-state index contributed by atoms with van der Waals surface area (Å²) in [6, 6.07) is 7.63. The summed E-state index contributed by atoms with van der Waals surface area (Å²) in [5, 5.41) is 16.1. The highest BCUT2D eigenvalue weighted by atomic mass is 32.2. The molecule has 0 atom stereocenters. The molecule has 9 nitrogen and oxygen atoms in total. The van der Waals surface area contributed by atoms with E-state index in [4.69, 9.17) is 9.97 Å². The van der Waals surface area contributed by atoms with Crippen LogP contribution >= 0.6 is 11.8 Å². The number of nitrogens with one attached hydrogen (secondary N) is 2. The predicted octanol–water partition coefficient (Wildman–Crippen LogP) is 3.89. The molecule has 35 heavy (non-hydrogen) atoms. The van der Waals surface area contributed by atoms with E-state index < -0.39 is 0 Å². The van der Waals surface area contributed by atoms with Crippen LogP contribution in [0.4, 0.5) is 10.2 Å². The Morgan fingerprint density at radius 1 is 1.17 bits per heavy atom. The maximum absolute atomic E-state index is 13.2. The number of fused-ring (bicyclic) bond motifs is 1. The standard InChI is InChI=1S/C24H27FN8OS/c1-2-35-24-28-21(32-11-4-3-5-12-32)18-15-27-33(22(18)29-24)13-10-26-23(34)20-14-19(30-31-20)16-6-8-17(25)9-7-16/h6-9,14-15H,2-5,10-13H2,1H3,(H,26,34)(H,30,31). The first kappa shape index (κ1) is 23.3. The number of H-pyrrole nitrogens is 1. The van der Waals surface area contributed by atoms with Crippen LogP contribution < -0.4 is 10.2 Å². The summed E-state index contributed by atoms with van der Waals surface area (Å²) in [4.78, 5) is 24.5. The van der Waals surface area contributed by atoms with Crippen LogP contribution in [0.1, 0.15) is 36.7 Å². The zero-order valence-corrected chi connectivity index (χ0v) is 20.3. The molecule has 0 spiro atoms. The molecular formula is C24H27FN8OS. The molecular weight excluding hydrogens is 467 g/mol. The lowest BCUT2D eigenvalue weighted by atomic mass is 10.1. The van der Waals surface area contributed by atoms with Gasteiger partial charge < -0.3 is 10.2 Å². The number of carbonyl (C=O) groups is 1. The van der Waals surface area contributed by atoms with Crippen molar-refractivity contribution >= 4 is 34.5 Å². The van der Waals surface area contributed by atoms with E-state index in [2.05, 4.69) is 32.4 Å². The third kappa shape index (κ3) is 5.14. The molecule has 1 aliphatic rings. The van der Waals surface area contributed by atoms with E-state index in [0.717, 1.165) is 46.4 Å². The van der Waals surface area contributed by atoms with Crippen molar-refractivity contribution in [2.75, 3.05) is 30.3 Å². The number of carbonyl (C=O) groups excluding carboxylic acids is 1. The van der Waals surface area contributed by atoms with Crippen molar-refractivity contribution in [1.29, 1.82) is 0 Å². The molecule has 4 aromatic rings. The first-order valence-corrected chi connectivity index (χ1v) is 12.8. The van der Waals surface area contributed by atoms with E-state index in [1.165, 1.54) is 31.4 Å². The van der Waals surface area contributed by atoms with Gasteiger partial charge in [-0.2, -0.15) is 10.2 Å². The van der Waals surface area contributed by atoms with Gasteiger partial charge in [0.15, 0.2) is 10.8 Å². The molecule has 4 heterocycles. The number of amides is 1. The Balaban J connectivity index is 1.28. The molecule has 0 aliphatic carbocycles. The number of halogens is 1. The summed E-state index contributed by atoms with van der Waals surface area (Å²) in [6.45, 7) is 4.92. The Hall–Kier alpha value is -3.47. The fraction of sp³-hybridized carbons (Fsp3) is 0.375.